The molecule has 0 spiro atoms. The number of rotatable bonds is 8. The summed E-state index contributed by atoms with van der Waals surface area (Å²) in [5.41, 5.74) is 3.08. The molecule has 0 aliphatic carbocycles. The third-order valence-electron chi connectivity index (χ3n) is 7.53. The number of benzene rings is 1. The molecular formula is C28H31F4N5O3S. The zero-order valence-electron chi connectivity index (χ0n) is 22.9. The average molecular weight is 594 g/mol. The van der Waals surface area contributed by atoms with E-state index in [2.05, 4.69) is 28.6 Å². The van der Waals surface area contributed by atoms with Gasteiger partial charge in [0.25, 0.3) is 0 Å². The van der Waals surface area contributed by atoms with Gasteiger partial charge >= 0.3 is 6.18 Å². The van der Waals surface area contributed by atoms with Crippen molar-refractivity contribution in [3.8, 4) is 22.7 Å². The van der Waals surface area contributed by atoms with E-state index < -0.39 is 34.2 Å². The highest BCUT2D eigenvalue weighted by molar-refractivity contribution is 7.91. The first kappa shape index (κ1) is 29.1. The van der Waals surface area contributed by atoms with Crippen molar-refractivity contribution in [3.63, 3.8) is 0 Å². The molecule has 0 amide bonds. The number of hydrogen-bond donors (Lipinski definition) is 0. The van der Waals surface area contributed by atoms with Gasteiger partial charge in [-0.2, -0.15) is 18.3 Å². The van der Waals surface area contributed by atoms with E-state index in [4.69, 9.17) is 4.98 Å². The van der Waals surface area contributed by atoms with Gasteiger partial charge in [-0.1, -0.05) is 0 Å². The van der Waals surface area contributed by atoms with Crippen LogP contribution in [0.4, 0.5) is 17.6 Å². The maximum Gasteiger partial charge on any atom is 0.422 e. The lowest BCUT2D eigenvalue weighted by Crippen LogP contribution is -2.51. The van der Waals surface area contributed by atoms with Crippen LogP contribution in [0.15, 0.2) is 48.9 Å². The van der Waals surface area contributed by atoms with Crippen molar-refractivity contribution in [2.45, 2.75) is 38.4 Å². The molecule has 220 valence electrons. The van der Waals surface area contributed by atoms with Gasteiger partial charge in [0.1, 0.15) is 5.65 Å². The fourth-order valence-electron chi connectivity index (χ4n) is 5.11. The van der Waals surface area contributed by atoms with Gasteiger partial charge in [0, 0.05) is 49.0 Å². The van der Waals surface area contributed by atoms with Crippen LogP contribution >= 0.6 is 0 Å². The van der Waals surface area contributed by atoms with Gasteiger partial charge in [0.2, 0.25) is 0 Å². The molecule has 0 radical (unpaired) electrons. The molecule has 0 saturated carbocycles. The number of aromatic nitrogens is 4. The van der Waals surface area contributed by atoms with Crippen molar-refractivity contribution in [2.24, 2.45) is 7.05 Å². The second kappa shape index (κ2) is 10.8. The molecule has 0 unspecified atom stereocenters. The van der Waals surface area contributed by atoms with E-state index in [9.17, 15) is 26.0 Å². The summed E-state index contributed by atoms with van der Waals surface area (Å²) in [6, 6.07) is 7.42. The van der Waals surface area contributed by atoms with Crippen molar-refractivity contribution in [2.75, 3.05) is 31.2 Å². The smallest absolute Gasteiger partial charge is 0.422 e. The molecule has 1 aliphatic heterocycles. The van der Waals surface area contributed by atoms with Crippen LogP contribution in [-0.4, -0.2) is 75.6 Å². The fraction of sp³-hybridized carbons (Fsp3) is 0.429. The Morgan fingerprint density at radius 3 is 2.41 bits per heavy atom. The van der Waals surface area contributed by atoms with Gasteiger partial charge in [-0.05, 0) is 62.6 Å². The zero-order chi connectivity index (χ0) is 29.6. The molecule has 1 fully saturated rings. The number of fused-ring (bicyclic) bond motifs is 1. The largest absolute Gasteiger partial charge is 0.481 e. The van der Waals surface area contributed by atoms with Crippen LogP contribution in [-0.2, 0) is 23.3 Å². The normalized spacial score (nSPS) is 16.4. The number of hydrogen-bond acceptors (Lipinski definition) is 6. The molecule has 5 rings (SSSR count). The molecule has 1 aromatic carbocycles. The highest BCUT2D eigenvalue weighted by Gasteiger charge is 2.32. The Kier molecular flexibility index (Phi) is 7.62. The first-order chi connectivity index (χ1) is 19.2. The average Bonchev–Trinajstić information content (AvgIpc) is 3.49. The Balaban J connectivity index is 1.45. The predicted octanol–water partition coefficient (Wildman–Crippen LogP) is 4.95. The molecule has 0 bridgehead atoms. The maximum absolute atomic E-state index is 14.6. The van der Waals surface area contributed by atoms with E-state index >= 15 is 0 Å². The van der Waals surface area contributed by atoms with Crippen LogP contribution in [0.3, 0.4) is 0 Å². The number of halogens is 4. The van der Waals surface area contributed by atoms with Gasteiger partial charge in [-0.3, -0.25) is 14.1 Å². The lowest BCUT2D eigenvalue weighted by Gasteiger charge is -2.41. The van der Waals surface area contributed by atoms with E-state index in [0.717, 1.165) is 29.1 Å². The zero-order valence-corrected chi connectivity index (χ0v) is 23.8. The molecular weight excluding hydrogens is 562 g/mol. The molecule has 13 heteroatoms. The Morgan fingerprint density at radius 1 is 1.05 bits per heavy atom. The molecule has 3 aromatic heterocycles. The highest BCUT2D eigenvalue weighted by Crippen LogP contribution is 2.32. The number of ether oxygens (including phenoxy) is 1. The lowest BCUT2D eigenvalue weighted by molar-refractivity contribution is -0.153. The third-order valence-corrected chi connectivity index (χ3v) is 9.14. The Morgan fingerprint density at radius 2 is 1.78 bits per heavy atom. The van der Waals surface area contributed by atoms with Crippen LogP contribution < -0.4 is 4.74 Å². The topological polar surface area (TPSA) is 82.2 Å². The van der Waals surface area contributed by atoms with Crippen LogP contribution in [0.2, 0.25) is 0 Å². The number of alkyl halides is 3. The van der Waals surface area contributed by atoms with Gasteiger partial charge in [-0.25, -0.2) is 17.8 Å². The van der Waals surface area contributed by atoms with Crippen molar-refractivity contribution >= 4 is 20.9 Å². The summed E-state index contributed by atoms with van der Waals surface area (Å²) < 4.78 is 84.1. The molecule has 0 N–H and O–H groups in total. The van der Waals surface area contributed by atoms with E-state index in [1.807, 2.05) is 30.1 Å². The fourth-order valence-corrected chi connectivity index (χ4v) is 6.31. The van der Waals surface area contributed by atoms with Crippen LogP contribution in [0, 0.1) is 5.82 Å². The highest BCUT2D eigenvalue weighted by atomic mass is 32.2. The first-order valence-corrected chi connectivity index (χ1v) is 15.0. The van der Waals surface area contributed by atoms with Gasteiger partial charge in [0.05, 0.1) is 29.1 Å². The Hall–Kier alpha value is -3.45. The van der Waals surface area contributed by atoms with Crippen molar-refractivity contribution < 1.29 is 30.7 Å². The second-order valence-corrected chi connectivity index (χ2v) is 13.3. The van der Waals surface area contributed by atoms with Crippen LogP contribution in [0.5, 0.6) is 5.75 Å². The Bertz CT molecular complexity index is 1660. The Labute approximate surface area is 235 Å². The SMILES string of the molecule is Cn1cc(-n2cc(CCC(C)(C)N3CCS(=O)(=O)CC3)c3ccc(-c4ccc(OCC(F)(F)F)c(F)c4)nc32)cn1. The molecule has 8 nitrogen and oxygen atoms in total. The van der Waals surface area contributed by atoms with Crippen molar-refractivity contribution in [1.29, 1.82) is 0 Å². The molecule has 1 saturated heterocycles. The van der Waals surface area contributed by atoms with E-state index in [0.29, 0.717) is 36.4 Å². The van der Waals surface area contributed by atoms with Crippen molar-refractivity contribution in [3.05, 3.63) is 60.3 Å². The standard InChI is InChI=1S/C28H31F4N5O3S/c1-27(2,36-10-12-41(38,39)13-11-36)9-8-20-16-37(21-15-33-35(3)17-21)26-22(20)5-6-24(34-26)19-4-7-25(23(29)14-19)40-18-28(30,31)32/h4-7,14-17H,8-13,18H2,1-3H3. The first-order valence-electron chi connectivity index (χ1n) is 13.2. The van der Waals surface area contributed by atoms with E-state index in [1.54, 1.807) is 16.9 Å². The number of sulfone groups is 1. The van der Waals surface area contributed by atoms with Gasteiger partial charge in [-0.15, -0.1) is 0 Å². The third kappa shape index (κ3) is 6.56. The van der Waals surface area contributed by atoms with Crippen LogP contribution in [0.1, 0.15) is 25.8 Å². The van der Waals surface area contributed by atoms with Crippen LogP contribution in [0.25, 0.3) is 28.0 Å². The van der Waals surface area contributed by atoms with Gasteiger partial charge < -0.3 is 4.74 Å². The molecule has 4 aromatic rings. The van der Waals surface area contributed by atoms with Gasteiger partial charge in [0.15, 0.2) is 28.0 Å². The summed E-state index contributed by atoms with van der Waals surface area (Å²) in [5, 5.41) is 5.18. The van der Waals surface area contributed by atoms with E-state index in [1.165, 1.54) is 12.1 Å². The summed E-state index contributed by atoms with van der Waals surface area (Å²) in [6.07, 6.45) is 2.48. The predicted molar refractivity (Wildman–Crippen MR) is 147 cm³/mol. The molecule has 1 aliphatic rings. The molecule has 0 atom stereocenters. The summed E-state index contributed by atoms with van der Waals surface area (Å²) >= 11 is 0. The minimum absolute atomic E-state index is 0.166. The maximum atomic E-state index is 14.6. The summed E-state index contributed by atoms with van der Waals surface area (Å²) in [7, 11) is -1.17. The quantitative estimate of drug-likeness (QED) is 0.269. The molecule has 4 heterocycles. The second-order valence-electron chi connectivity index (χ2n) is 11.0. The number of pyridine rings is 1. The molecule has 41 heavy (non-hydrogen) atoms. The number of aryl methyl sites for hydroxylation is 2. The monoisotopic (exact) mass is 593 g/mol. The number of nitrogens with zero attached hydrogens (tertiary/aromatic N) is 5. The van der Waals surface area contributed by atoms with Crippen molar-refractivity contribution in [1.82, 2.24) is 24.2 Å². The van der Waals surface area contributed by atoms with E-state index in [-0.39, 0.29) is 17.0 Å². The summed E-state index contributed by atoms with van der Waals surface area (Å²) in [4.78, 5) is 7.04. The minimum Gasteiger partial charge on any atom is -0.481 e. The lowest BCUT2D eigenvalue weighted by atomic mass is 9.93. The summed E-state index contributed by atoms with van der Waals surface area (Å²) in [5.74, 6) is -1.06. The minimum atomic E-state index is -4.57. The summed E-state index contributed by atoms with van der Waals surface area (Å²) in [6.45, 7) is 3.68.